The van der Waals surface area contributed by atoms with Crippen molar-refractivity contribution in [1.82, 2.24) is 7.96 Å². The van der Waals surface area contributed by atoms with Gasteiger partial charge in [0, 0.05) is 0 Å². The van der Waals surface area contributed by atoms with Crippen LogP contribution < -0.4 is 11.1 Å². The van der Waals surface area contributed by atoms with Crippen LogP contribution in [0.15, 0.2) is 18.2 Å². The average molecular weight is 323 g/mol. The maximum absolute atomic E-state index is 12.3. The molecule has 1 heterocycles. The van der Waals surface area contributed by atoms with Gasteiger partial charge in [0.25, 0.3) is 0 Å². The number of nitrogens with two attached hydrogens (primary N) is 1. The zero-order chi connectivity index (χ0) is 13.2. The summed E-state index contributed by atoms with van der Waals surface area (Å²) in [5.74, 6) is 0.0987. The Labute approximate surface area is 117 Å². The Kier molecular flexibility index (Phi) is 3.64. The van der Waals surface area contributed by atoms with Crippen LogP contribution in [-0.2, 0) is 4.79 Å². The molecule has 100 valence electrons. The topological polar surface area (TPSA) is 80.9 Å². The number of benzene rings is 1. The van der Waals surface area contributed by atoms with E-state index in [0.29, 0.717) is 0 Å². The molecule has 1 aliphatic rings. The zero-order valence-electron chi connectivity index (χ0n) is 10.5. The molecule has 2 unspecified atom stereocenters. The summed E-state index contributed by atoms with van der Waals surface area (Å²) in [7, 11) is 0. The molecule has 1 saturated carbocycles. The van der Waals surface area contributed by atoms with E-state index in [2.05, 4.69) is 13.3 Å². The summed E-state index contributed by atoms with van der Waals surface area (Å²) in [4.78, 5) is 12.3. The number of fused-ring (bicyclic) bond motifs is 1. The number of amides is 1. The van der Waals surface area contributed by atoms with Gasteiger partial charge in [-0.15, -0.1) is 0 Å². The van der Waals surface area contributed by atoms with Crippen molar-refractivity contribution in [3.63, 3.8) is 0 Å². The molecule has 1 aromatic carbocycles. The third kappa shape index (κ3) is 2.71. The molecule has 0 saturated heterocycles. The number of carbonyl (C=O) groups excluding carboxylic acids is 1. The maximum atomic E-state index is 12.3. The minimum atomic E-state index is -0.0731. The van der Waals surface area contributed by atoms with Gasteiger partial charge in [0.05, 0.1) is 0 Å². The molecule has 2 atom stereocenters. The van der Waals surface area contributed by atoms with Gasteiger partial charge in [0.15, 0.2) is 0 Å². The van der Waals surface area contributed by atoms with E-state index in [1.807, 2.05) is 18.2 Å². The normalized spacial score (nSPS) is 23.4. The predicted octanol–water partition coefficient (Wildman–Crippen LogP) is 1.14. The average Bonchev–Trinajstić information content (AvgIpc) is 2.88. The molecule has 2 aromatic rings. The molecule has 1 aromatic heterocycles. The molecule has 5 nitrogen and oxygen atoms in total. The molecule has 0 spiro atoms. The second kappa shape index (κ2) is 5.41. The fourth-order valence-corrected chi connectivity index (χ4v) is 3.76. The van der Waals surface area contributed by atoms with Crippen LogP contribution in [0.4, 0.5) is 5.69 Å². The number of hydrogen-bond donors (Lipinski definition) is 2. The van der Waals surface area contributed by atoms with Gasteiger partial charge in [-0.1, -0.05) is 0 Å². The second-order valence-electron chi connectivity index (χ2n) is 5.05. The van der Waals surface area contributed by atoms with Gasteiger partial charge >= 0.3 is 117 Å². The summed E-state index contributed by atoms with van der Waals surface area (Å²) < 4.78 is 8.69. The number of hydrogen-bond acceptors (Lipinski definition) is 4. The zero-order valence-corrected chi connectivity index (χ0v) is 12.2. The van der Waals surface area contributed by atoms with Crippen molar-refractivity contribution < 1.29 is 4.79 Å². The SMILES string of the molecule is NC1CCCC(C(=O)Nc2cccc3n[se]nc23)C1. The summed E-state index contributed by atoms with van der Waals surface area (Å²) in [6.07, 6.45) is 3.78. The van der Waals surface area contributed by atoms with Crippen molar-refractivity contribution in [2.75, 3.05) is 5.32 Å². The first-order valence-electron chi connectivity index (χ1n) is 6.52. The summed E-state index contributed by atoms with van der Waals surface area (Å²) in [5.41, 5.74) is 8.43. The van der Waals surface area contributed by atoms with Crippen molar-refractivity contribution in [2.24, 2.45) is 11.7 Å². The van der Waals surface area contributed by atoms with Gasteiger partial charge < -0.3 is 0 Å². The fraction of sp³-hybridized carbons (Fsp3) is 0.462. The van der Waals surface area contributed by atoms with Crippen molar-refractivity contribution in [2.45, 2.75) is 31.7 Å². The molecule has 0 bridgehead atoms. The van der Waals surface area contributed by atoms with Gasteiger partial charge in [-0.2, -0.15) is 0 Å². The Hall–Kier alpha value is -1.23. The first kappa shape index (κ1) is 12.8. The molecule has 19 heavy (non-hydrogen) atoms. The quantitative estimate of drug-likeness (QED) is 0.812. The van der Waals surface area contributed by atoms with Crippen molar-refractivity contribution in [3.05, 3.63) is 18.2 Å². The number of rotatable bonds is 2. The fourth-order valence-electron chi connectivity index (χ4n) is 2.61. The molecule has 1 aliphatic carbocycles. The monoisotopic (exact) mass is 324 g/mol. The molecule has 6 heteroatoms. The molecule has 1 fully saturated rings. The van der Waals surface area contributed by atoms with Crippen LogP contribution in [0.1, 0.15) is 25.7 Å². The molecular formula is C13H16N4OSe. The van der Waals surface area contributed by atoms with E-state index in [4.69, 9.17) is 5.73 Å². The Morgan fingerprint density at radius 1 is 1.37 bits per heavy atom. The molecule has 3 N–H and O–H groups in total. The van der Waals surface area contributed by atoms with E-state index in [1.165, 1.54) is 0 Å². The van der Waals surface area contributed by atoms with E-state index in [1.54, 1.807) is 0 Å². The van der Waals surface area contributed by atoms with Crippen LogP contribution in [0.25, 0.3) is 11.0 Å². The van der Waals surface area contributed by atoms with Crippen molar-refractivity contribution in [1.29, 1.82) is 0 Å². The Morgan fingerprint density at radius 3 is 3.11 bits per heavy atom. The van der Waals surface area contributed by atoms with E-state index >= 15 is 0 Å². The third-order valence-corrected chi connectivity index (χ3v) is 4.77. The predicted molar refractivity (Wildman–Crippen MR) is 75.0 cm³/mol. The number of nitrogens with one attached hydrogen (secondary N) is 1. The van der Waals surface area contributed by atoms with Crippen LogP contribution in [0.2, 0.25) is 0 Å². The van der Waals surface area contributed by atoms with Crippen LogP contribution in [0, 0.1) is 5.92 Å². The van der Waals surface area contributed by atoms with Gasteiger partial charge in [0.2, 0.25) is 0 Å². The van der Waals surface area contributed by atoms with Gasteiger partial charge in [-0.05, 0) is 0 Å². The van der Waals surface area contributed by atoms with Crippen LogP contribution in [0.3, 0.4) is 0 Å². The molecule has 0 aliphatic heterocycles. The van der Waals surface area contributed by atoms with Gasteiger partial charge in [-0.3, -0.25) is 0 Å². The minimum absolute atomic E-state index is 0.0310. The Bertz CT molecular complexity index is 597. The van der Waals surface area contributed by atoms with E-state index in [0.717, 1.165) is 42.4 Å². The Balaban J connectivity index is 1.77. The molecule has 1 amide bonds. The summed E-state index contributed by atoms with van der Waals surface area (Å²) >= 11 is -0.0731. The van der Waals surface area contributed by atoms with Crippen molar-refractivity contribution >= 4 is 37.6 Å². The Morgan fingerprint density at radius 2 is 2.26 bits per heavy atom. The summed E-state index contributed by atoms with van der Waals surface area (Å²) in [6, 6.07) is 5.88. The number of anilines is 1. The summed E-state index contributed by atoms with van der Waals surface area (Å²) in [5, 5.41) is 2.99. The standard InChI is InChI=1S/C13H16N4OSe/c14-9-4-1-3-8(7-9)13(18)15-10-5-2-6-11-12(10)17-19-16-11/h2,5-6,8-9H,1,3-4,7,14H2,(H,15,18). The second-order valence-corrected chi connectivity index (χ2v) is 6.16. The summed E-state index contributed by atoms with van der Waals surface area (Å²) in [6.45, 7) is 0. The van der Waals surface area contributed by atoms with Crippen molar-refractivity contribution in [3.8, 4) is 0 Å². The van der Waals surface area contributed by atoms with E-state index < -0.39 is 0 Å². The van der Waals surface area contributed by atoms with Crippen LogP contribution >= 0.6 is 0 Å². The van der Waals surface area contributed by atoms with Crippen LogP contribution in [0.5, 0.6) is 0 Å². The molecule has 0 radical (unpaired) electrons. The first-order chi connectivity index (χ1) is 9.24. The van der Waals surface area contributed by atoms with E-state index in [9.17, 15) is 4.79 Å². The van der Waals surface area contributed by atoms with Gasteiger partial charge in [0.1, 0.15) is 0 Å². The molecular weight excluding hydrogens is 307 g/mol. The number of carbonyl (C=O) groups is 1. The third-order valence-electron chi connectivity index (χ3n) is 3.63. The van der Waals surface area contributed by atoms with Crippen LogP contribution in [-0.4, -0.2) is 34.9 Å². The first-order valence-corrected chi connectivity index (χ1v) is 8.05. The van der Waals surface area contributed by atoms with E-state index in [-0.39, 0.29) is 32.8 Å². The number of nitrogens with zero attached hydrogens (tertiary/aromatic N) is 2. The molecule has 3 rings (SSSR count). The number of aromatic nitrogens is 2. The van der Waals surface area contributed by atoms with Gasteiger partial charge in [-0.25, -0.2) is 0 Å².